The second-order valence-corrected chi connectivity index (χ2v) is 4.64. The van der Waals surface area contributed by atoms with E-state index in [-0.39, 0.29) is 5.91 Å². The van der Waals surface area contributed by atoms with E-state index in [1.54, 1.807) is 36.4 Å². The van der Waals surface area contributed by atoms with Crippen molar-refractivity contribution >= 4 is 41.1 Å². The molecule has 1 N–H and O–H groups in total. The number of hydrogen-bond donors (Lipinski definition) is 1. The molecule has 0 aliphatic rings. The third kappa shape index (κ3) is 3.34. The lowest BCUT2D eigenvalue weighted by atomic mass is 10.2. The van der Waals surface area contributed by atoms with E-state index in [2.05, 4.69) is 5.32 Å². The summed E-state index contributed by atoms with van der Waals surface area (Å²) >= 11 is 11.6. The molecule has 0 unspecified atom stereocenters. The zero-order chi connectivity index (χ0) is 13.8. The highest BCUT2D eigenvalue weighted by molar-refractivity contribution is 6.42. The van der Waals surface area contributed by atoms with Gasteiger partial charge in [-0.15, -0.1) is 0 Å². The number of anilines is 1. The highest BCUT2D eigenvalue weighted by Gasteiger charge is 2.08. The van der Waals surface area contributed by atoms with Gasteiger partial charge in [0.1, 0.15) is 6.29 Å². The average molecular weight is 294 g/mol. The molecule has 0 saturated carbocycles. The fourth-order valence-corrected chi connectivity index (χ4v) is 1.83. The summed E-state index contributed by atoms with van der Waals surface area (Å²) in [7, 11) is 0. The summed E-state index contributed by atoms with van der Waals surface area (Å²) in [5, 5.41) is 3.39. The summed E-state index contributed by atoms with van der Waals surface area (Å²) < 4.78 is 0. The predicted molar refractivity (Wildman–Crippen MR) is 76.2 cm³/mol. The van der Waals surface area contributed by atoms with Crippen LogP contribution < -0.4 is 5.32 Å². The molecule has 2 aromatic rings. The highest BCUT2D eigenvalue weighted by Crippen LogP contribution is 2.23. The number of nitrogens with one attached hydrogen (secondary N) is 1. The molecule has 5 heteroatoms. The third-order valence-electron chi connectivity index (χ3n) is 2.46. The van der Waals surface area contributed by atoms with Gasteiger partial charge in [0.05, 0.1) is 10.0 Å². The lowest BCUT2D eigenvalue weighted by Gasteiger charge is -2.06. The van der Waals surface area contributed by atoms with Gasteiger partial charge in [0.2, 0.25) is 0 Å². The quantitative estimate of drug-likeness (QED) is 0.868. The molecule has 0 aliphatic carbocycles. The normalized spacial score (nSPS) is 10.0. The van der Waals surface area contributed by atoms with E-state index in [1.807, 2.05) is 0 Å². The second kappa shape index (κ2) is 5.87. The number of halogens is 2. The van der Waals surface area contributed by atoms with Gasteiger partial charge in [-0.05, 0) is 30.3 Å². The van der Waals surface area contributed by atoms with Crippen molar-refractivity contribution in [3.63, 3.8) is 0 Å². The van der Waals surface area contributed by atoms with Crippen LogP contribution in [0.3, 0.4) is 0 Å². The van der Waals surface area contributed by atoms with Crippen LogP contribution in [0, 0.1) is 0 Å². The minimum atomic E-state index is -0.318. The van der Waals surface area contributed by atoms with Crippen molar-refractivity contribution in [3.05, 3.63) is 63.6 Å². The highest BCUT2D eigenvalue weighted by atomic mass is 35.5. The van der Waals surface area contributed by atoms with E-state index in [1.165, 1.54) is 6.07 Å². The number of rotatable bonds is 3. The molecule has 19 heavy (non-hydrogen) atoms. The van der Waals surface area contributed by atoms with Gasteiger partial charge < -0.3 is 5.32 Å². The fourth-order valence-electron chi connectivity index (χ4n) is 1.53. The van der Waals surface area contributed by atoms with E-state index in [4.69, 9.17) is 23.2 Å². The summed E-state index contributed by atoms with van der Waals surface area (Å²) in [5.41, 5.74) is 1.43. The number of amides is 1. The summed E-state index contributed by atoms with van der Waals surface area (Å²) in [5.74, 6) is -0.318. The Kier molecular flexibility index (Phi) is 4.20. The molecule has 2 aromatic carbocycles. The van der Waals surface area contributed by atoms with Crippen molar-refractivity contribution in [1.29, 1.82) is 0 Å². The van der Waals surface area contributed by atoms with Crippen LogP contribution in [0.5, 0.6) is 0 Å². The number of carbonyl (C=O) groups excluding carboxylic acids is 2. The molecule has 0 aliphatic heterocycles. The summed E-state index contributed by atoms with van der Waals surface area (Å²) in [6.45, 7) is 0. The van der Waals surface area contributed by atoms with Gasteiger partial charge in [0, 0.05) is 16.8 Å². The van der Waals surface area contributed by atoms with E-state index in [0.29, 0.717) is 26.9 Å². The molecule has 1 amide bonds. The van der Waals surface area contributed by atoms with Crippen LogP contribution in [0.15, 0.2) is 42.5 Å². The first-order valence-corrected chi connectivity index (χ1v) is 6.17. The zero-order valence-electron chi connectivity index (χ0n) is 9.69. The van der Waals surface area contributed by atoms with Gasteiger partial charge in [-0.1, -0.05) is 35.3 Å². The lowest BCUT2D eigenvalue weighted by Crippen LogP contribution is -2.11. The van der Waals surface area contributed by atoms with E-state index in [0.717, 1.165) is 6.29 Å². The van der Waals surface area contributed by atoms with Crippen LogP contribution in [0.1, 0.15) is 20.7 Å². The predicted octanol–water partition coefficient (Wildman–Crippen LogP) is 4.06. The molecule has 3 nitrogen and oxygen atoms in total. The molecule has 2 rings (SSSR count). The summed E-state index contributed by atoms with van der Waals surface area (Å²) in [6.07, 6.45) is 0.717. The van der Waals surface area contributed by atoms with Gasteiger partial charge in [0.15, 0.2) is 0 Å². The lowest BCUT2D eigenvalue weighted by molar-refractivity contribution is 0.102. The fraction of sp³-hybridized carbons (Fsp3) is 0. The Morgan fingerprint density at radius 2 is 1.84 bits per heavy atom. The number of aldehydes is 1. The van der Waals surface area contributed by atoms with Crippen LogP contribution in [-0.2, 0) is 0 Å². The topological polar surface area (TPSA) is 46.2 Å². The smallest absolute Gasteiger partial charge is 0.255 e. The number of benzene rings is 2. The maximum atomic E-state index is 12.0. The van der Waals surface area contributed by atoms with Gasteiger partial charge >= 0.3 is 0 Å². The van der Waals surface area contributed by atoms with Gasteiger partial charge in [0.25, 0.3) is 5.91 Å². The molecule has 0 fully saturated rings. The number of hydrogen-bond acceptors (Lipinski definition) is 2. The monoisotopic (exact) mass is 293 g/mol. The van der Waals surface area contributed by atoms with Crippen LogP contribution in [-0.4, -0.2) is 12.2 Å². The standard InChI is InChI=1S/C14H9Cl2NO2/c15-12-5-4-10(7-13(12)16)14(19)17-11-3-1-2-9(6-11)8-18/h1-8H,(H,17,19). The molecule has 0 bridgehead atoms. The van der Waals surface area contributed by atoms with Crippen LogP contribution in [0.2, 0.25) is 10.0 Å². The molecule has 0 heterocycles. The Balaban J connectivity index is 2.20. The zero-order valence-corrected chi connectivity index (χ0v) is 11.2. The van der Waals surface area contributed by atoms with Crippen LogP contribution in [0.25, 0.3) is 0 Å². The average Bonchev–Trinajstić information content (AvgIpc) is 2.42. The largest absolute Gasteiger partial charge is 0.322 e. The molecule has 0 radical (unpaired) electrons. The molecule has 96 valence electrons. The van der Waals surface area contributed by atoms with Crippen LogP contribution in [0.4, 0.5) is 5.69 Å². The van der Waals surface area contributed by atoms with Crippen molar-refractivity contribution in [1.82, 2.24) is 0 Å². The van der Waals surface area contributed by atoms with Gasteiger partial charge in [-0.2, -0.15) is 0 Å². The molecule has 0 aromatic heterocycles. The molecule has 0 atom stereocenters. The van der Waals surface area contributed by atoms with Crippen molar-refractivity contribution in [3.8, 4) is 0 Å². The SMILES string of the molecule is O=Cc1cccc(NC(=O)c2ccc(Cl)c(Cl)c2)c1. The summed E-state index contributed by atoms with van der Waals surface area (Å²) in [4.78, 5) is 22.6. The van der Waals surface area contributed by atoms with Crippen LogP contribution >= 0.6 is 23.2 Å². The minimum absolute atomic E-state index is 0.316. The van der Waals surface area contributed by atoms with E-state index in [9.17, 15) is 9.59 Å². The van der Waals surface area contributed by atoms with Gasteiger partial charge in [-0.3, -0.25) is 9.59 Å². The van der Waals surface area contributed by atoms with Crippen molar-refractivity contribution in [2.45, 2.75) is 0 Å². The number of carbonyl (C=O) groups is 2. The Hall–Kier alpha value is -1.84. The van der Waals surface area contributed by atoms with Crippen molar-refractivity contribution in [2.75, 3.05) is 5.32 Å². The Morgan fingerprint density at radius 1 is 1.05 bits per heavy atom. The van der Waals surface area contributed by atoms with E-state index < -0.39 is 0 Å². The Labute approximate surface area is 120 Å². The summed E-state index contributed by atoms with van der Waals surface area (Å²) in [6, 6.07) is 11.2. The Morgan fingerprint density at radius 3 is 2.53 bits per heavy atom. The maximum Gasteiger partial charge on any atom is 0.255 e. The third-order valence-corrected chi connectivity index (χ3v) is 3.20. The van der Waals surface area contributed by atoms with Gasteiger partial charge in [-0.25, -0.2) is 0 Å². The van der Waals surface area contributed by atoms with E-state index >= 15 is 0 Å². The molecular formula is C14H9Cl2NO2. The minimum Gasteiger partial charge on any atom is -0.322 e. The first-order chi connectivity index (χ1) is 9.10. The molecular weight excluding hydrogens is 285 g/mol. The first kappa shape index (κ1) is 13.6. The van der Waals surface area contributed by atoms with Crippen molar-refractivity contribution < 1.29 is 9.59 Å². The second-order valence-electron chi connectivity index (χ2n) is 3.83. The molecule has 0 saturated heterocycles. The molecule has 0 spiro atoms. The Bertz CT molecular complexity index is 641. The first-order valence-electron chi connectivity index (χ1n) is 5.42. The maximum absolute atomic E-state index is 12.0. The van der Waals surface area contributed by atoms with Crippen molar-refractivity contribution in [2.24, 2.45) is 0 Å².